The number of para-hydroxylation sites is 1. The number of carbonyl (C=O) groups is 1. The van der Waals surface area contributed by atoms with Crippen LogP contribution in [0.4, 0.5) is 0 Å². The van der Waals surface area contributed by atoms with Crippen molar-refractivity contribution >= 4 is 17.3 Å². The molecule has 4 rings (SSSR count). The van der Waals surface area contributed by atoms with Crippen LogP contribution in [0, 0.1) is 5.41 Å². The van der Waals surface area contributed by atoms with Crippen LogP contribution in [0.3, 0.4) is 0 Å². The van der Waals surface area contributed by atoms with E-state index in [4.69, 9.17) is 10.6 Å². The van der Waals surface area contributed by atoms with Crippen molar-refractivity contribution in [3.8, 4) is 16.2 Å². The van der Waals surface area contributed by atoms with Gasteiger partial charge in [-0.05, 0) is 41.9 Å². The average Bonchev–Trinajstić information content (AvgIpc) is 3.11. The summed E-state index contributed by atoms with van der Waals surface area (Å²) in [6.45, 7) is 5.25. The quantitative estimate of drug-likeness (QED) is 0.351. The number of rotatable bonds is 7. The number of carboxylic acids is 1. The average molecular weight is 437 g/mol. The summed E-state index contributed by atoms with van der Waals surface area (Å²) >= 11 is 1.59. The Kier molecular flexibility index (Phi) is 6.14. The molecule has 0 atom stereocenters. The Morgan fingerprint density at radius 1 is 1.19 bits per heavy atom. The van der Waals surface area contributed by atoms with Crippen LogP contribution in [0.1, 0.15) is 52.2 Å². The number of thiophene rings is 1. The topological polar surface area (TPSA) is 84.6 Å². The van der Waals surface area contributed by atoms with Crippen LogP contribution in [0.25, 0.3) is 10.4 Å². The number of benzene rings is 2. The van der Waals surface area contributed by atoms with Gasteiger partial charge < -0.3 is 9.84 Å². The molecule has 1 aliphatic carbocycles. The van der Waals surface area contributed by atoms with E-state index in [1.165, 1.54) is 4.88 Å². The highest BCUT2D eigenvalue weighted by Crippen LogP contribution is 2.47. The van der Waals surface area contributed by atoms with Crippen LogP contribution in [0.5, 0.6) is 5.75 Å². The van der Waals surface area contributed by atoms with E-state index in [2.05, 4.69) is 19.3 Å². The summed E-state index contributed by atoms with van der Waals surface area (Å²) in [5.41, 5.74) is 6.99. The fourth-order valence-corrected chi connectivity index (χ4v) is 5.58. The second kappa shape index (κ2) is 8.83. The van der Waals surface area contributed by atoms with Crippen LogP contribution >= 0.6 is 11.3 Å². The molecule has 3 aromatic rings. The third-order valence-corrected chi connectivity index (χ3v) is 7.17. The van der Waals surface area contributed by atoms with E-state index in [1.807, 2.05) is 48.5 Å². The first kappa shape index (κ1) is 21.6. The fourth-order valence-electron chi connectivity index (χ4n) is 4.25. The third kappa shape index (κ3) is 4.51. The highest BCUT2D eigenvalue weighted by molar-refractivity contribution is 7.16. The van der Waals surface area contributed by atoms with Crippen LogP contribution in [0.2, 0.25) is 0 Å². The molecule has 0 unspecified atom stereocenters. The number of hydrogen-bond acceptors (Lipinski definition) is 5. The van der Waals surface area contributed by atoms with Crippen molar-refractivity contribution in [2.24, 2.45) is 11.3 Å². The second-order valence-electron chi connectivity index (χ2n) is 8.80. The summed E-state index contributed by atoms with van der Waals surface area (Å²) in [4.78, 5) is 14.3. The predicted octanol–water partition coefficient (Wildman–Crippen LogP) is 5.17. The first-order chi connectivity index (χ1) is 14.9. The van der Waals surface area contributed by atoms with Gasteiger partial charge in [-0.2, -0.15) is 0 Å². The molecule has 0 bridgehead atoms. The van der Waals surface area contributed by atoms with Gasteiger partial charge in [0.25, 0.3) is 0 Å². The minimum absolute atomic E-state index is 0.105. The maximum atomic E-state index is 12.4. The summed E-state index contributed by atoms with van der Waals surface area (Å²) < 4.78 is 6.29. The zero-order chi connectivity index (χ0) is 22.0. The number of carboxylic acid groups (broad SMARTS) is 1. The zero-order valence-corrected chi connectivity index (χ0v) is 18.7. The molecule has 5 nitrogen and oxygen atoms in total. The molecule has 0 fully saturated rings. The van der Waals surface area contributed by atoms with E-state index >= 15 is 0 Å². The molecule has 1 heterocycles. The summed E-state index contributed by atoms with van der Waals surface area (Å²) in [7, 11) is 0. The molecule has 0 saturated heterocycles. The van der Waals surface area contributed by atoms with Crippen molar-refractivity contribution < 1.29 is 14.6 Å². The number of aryl methyl sites for hydroxylation is 1. The third-order valence-electron chi connectivity index (χ3n) is 5.85. The van der Waals surface area contributed by atoms with Gasteiger partial charge in [-0.1, -0.05) is 56.3 Å². The standard InChI is InChI=1S/C25H28N2O3S/c1-25(2)12-11-20-19(13-25)21(24(28)29)23(31-20)18-10-6-9-17(14-27-26)22(18)30-15-16-7-4-3-5-8-16/h3-10,27H,11-15,26H2,1-2H3,(H,28,29). The van der Waals surface area contributed by atoms with Crippen LogP contribution in [-0.4, -0.2) is 11.1 Å². The van der Waals surface area contributed by atoms with Crippen LogP contribution in [0.15, 0.2) is 48.5 Å². The lowest BCUT2D eigenvalue weighted by Gasteiger charge is -2.29. The van der Waals surface area contributed by atoms with E-state index in [1.54, 1.807) is 11.3 Å². The SMILES string of the molecule is CC1(C)CCc2sc(-c3cccc(CNN)c3OCc3ccccc3)c(C(=O)O)c2C1. The van der Waals surface area contributed by atoms with Gasteiger partial charge in [-0.25, -0.2) is 4.79 Å². The number of nitrogens with two attached hydrogens (primary N) is 1. The molecule has 1 aromatic heterocycles. The lowest BCUT2D eigenvalue weighted by molar-refractivity contribution is 0.0696. The van der Waals surface area contributed by atoms with E-state index in [-0.39, 0.29) is 5.41 Å². The molecule has 0 saturated carbocycles. The van der Waals surface area contributed by atoms with Gasteiger partial charge in [0.1, 0.15) is 12.4 Å². The second-order valence-corrected chi connectivity index (χ2v) is 9.91. The molecular weight excluding hydrogens is 408 g/mol. The summed E-state index contributed by atoms with van der Waals surface area (Å²) in [5.74, 6) is 5.43. The first-order valence-electron chi connectivity index (χ1n) is 10.5. The lowest BCUT2D eigenvalue weighted by atomic mass is 9.76. The zero-order valence-electron chi connectivity index (χ0n) is 17.9. The molecule has 6 heteroatoms. The maximum Gasteiger partial charge on any atom is 0.337 e. The normalized spacial score (nSPS) is 14.8. The smallest absolute Gasteiger partial charge is 0.337 e. The molecule has 31 heavy (non-hydrogen) atoms. The Hall–Kier alpha value is -2.67. The Bertz CT molecular complexity index is 1090. The molecule has 1 aliphatic rings. The highest BCUT2D eigenvalue weighted by Gasteiger charge is 2.33. The molecule has 4 N–H and O–H groups in total. The number of hydrogen-bond donors (Lipinski definition) is 3. The Morgan fingerprint density at radius 2 is 1.97 bits per heavy atom. The van der Waals surface area contributed by atoms with Crippen molar-refractivity contribution in [2.75, 3.05) is 0 Å². The van der Waals surface area contributed by atoms with Gasteiger partial charge in [-0.15, -0.1) is 11.3 Å². The molecule has 0 radical (unpaired) electrons. The van der Waals surface area contributed by atoms with Gasteiger partial charge in [0, 0.05) is 22.5 Å². The summed E-state index contributed by atoms with van der Waals surface area (Å²) in [6, 6.07) is 15.8. The Morgan fingerprint density at radius 3 is 2.68 bits per heavy atom. The van der Waals surface area contributed by atoms with Crippen LogP contribution < -0.4 is 16.0 Å². The molecule has 0 amide bonds. The largest absolute Gasteiger partial charge is 0.488 e. The number of aromatic carboxylic acids is 1. The van der Waals surface area contributed by atoms with Crippen molar-refractivity contribution in [1.82, 2.24) is 5.43 Å². The Balaban J connectivity index is 1.82. The molecule has 2 aromatic carbocycles. The number of fused-ring (bicyclic) bond motifs is 1. The number of hydrazine groups is 1. The molecule has 0 spiro atoms. The van der Waals surface area contributed by atoms with Crippen molar-refractivity contribution in [2.45, 2.75) is 46.3 Å². The number of nitrogens with one attached hydrogen (secondary N) is 1. The maximum absolute atomic E-state index is 12.4. The van der Waals surface area contributed by atoms with Crippen LogP contribution in [-0.2, 0) is 26.0 Å². The van der Waals surface area contributed by atoms with E-state index < -0.39 is 5.97 Å². The lowest BCUT2D eigenvalue weighted by Crippen LogP contribution is -2.22. The van der Waals surface area contributed by atoms with Gasteiger partial charge in [0.05, 0.1) is 10.4 Å². The van der Waals surface area contributed by atoms with Crippen molar-refractivity contribution in [3.05, 3.63) is 75.7 Å². The van der Waals surface area contributed by atoms with E-state index in [0.717, 1.165) is 46.4 Å². The molecular formula is C25H28N2O3S. The Labute approximate surface area is 186 Å². The summed E-state index contributed by atoms with van der Waals surface area (Å²) in [5, 5.41) is 10.1. The number of ether oxygens (including phenoxy) is 1. The molecule has 162 valence electrons. The molecule has 0 aliphatic heterocycles. The van der Waals surface area contributed by atoms with E-state index in [9.17, 15) is 9.90 Å². The van der Waals surface area contributed by atoms with Gasteiger partial charge >= 0.3 is 5.97 Å². The van der Waals surface area contributed by atoms with E-state index in [0.29, 0.717) is 24.5 Å². The highest BCUT2D eigenvalue weighted by atomic mass is 32.1. The van der Waals surface area contributed by atoms with Gasteiger partial charge in [0.2, 0.25) is 0 Å². The minimum atomic E-state index is -0.874. The van der Waals surface area contributed by atoms with Gasteiger partial charge in [-0.3, -0.25) is 11.3 Å². The van der Waals surface area contributed by atoms with Crippen molar-refractivity contribution in [3.63, 3.8) is 0 Å². The predicted molar refractivity (Wildman–Crippen MR) is 124 cm³/mol. The first-order valence-corrected chi connectivity index (χ1v) is 11.3. The monoisotopic (exact) mass is 436 g/mol. The fraction of sp³-hybridized carbons (Fsp3) is 0.320. The minimum Gasteiger partial charge on any atom is -0.488 e. The van der Waals surface area contributed by atoms with Gasteiger partial charge in [0.15, 0.2) is 0 Å². The summed E-state index contributed by atoms with van der Waals surface area (Å²) in [6.07, 6.45) is 2.76. The van der Waals surface area contributed by atoms with Crippen molar-refractivity contribution in [1.29, 1.82) is 0 Å².